The van der Waals surface area contributed by atoms with Crippen LogP contribution in [0.25, 0.3) is 22.5 Å². The topological polar surface area (TPSA) is 48.7 Å². The van der Waals surface area contributed by atoms with Crippen LogP contribution in [-0.2, 0) is 0 Å². The van der Waals surface area contributed by atoms with Gasteiger partial charge in [-0.3, -0.25) is 4.79 Å². The molecule has 2 aromatic carbocycles. The SMILES string of the molecule is COc1cc(-c2ccccc2)c(-c2occc2C(=O)Cl)cc1OC. The summed E-state index contributed by atoms with van der Waals surface area (Å²) in [6.45, 7) is 0. The molecule has 3 rings (SSSR count). The molecule has 1 heterocycles. The number of hydrogen-bond donors (Lipinski definition) is 0. The molecule has 3 aromatic rings. The number of carbonyl (C=O) groups is 1. The summed E-state index contributed by atoms with van der Waals surface area (Å²) in [6, 6.07) is 14.9. The lowest BCUT2D eigenvalue weighted by Gasteiger charge is -2.14. The third-order valence-corrected chi connectivity index (χ3v) is 3.93. The first kappa shape index (κ1) is 16.1. The van der Waals surface area contributed by atoms with E-state index in [0.29, 0.717) is 28.4 Å². The van der Waals surface area contributed by atoms with Crippen molar-refractivity contribution in [3.05, 3.63) is 60.4 Å². The first-order valence-corrected chi connectivity index (χ1v) is 7.62. The normalized spacial score (nSPS) is 10.5. The average Bonchev–Trinajstić information content (AvgIpc) is 3.11. The molecule has 0 aliphatic heterocycles. The van der Waals surface area contributed by atoms with Crippen LogP contribution in [0.4, 0.5) is 0 Å². The lowest BCUT2D eigenvalue weighted by Crippen LogP contribution is -1.96. The molecule has 0 N–H and O–H groups in total. The number of carbonyl (C=O) groups excluding carboxylic acids is 1. The molecule has 0 aliphatic carbocycles. The van der Waals surface area contributed by atoms with Gasteiger partial charge < -0.3 is 13.9 Å². The van der Waals surface area contributed by atoms with Crippen molar-refractivity contribution in [1.29, 1.82) is 0 Å². The van der Waals surface area contributed by atoms with Gasteiger partial charge in [0.25, 0.3) is 5.24 Å². The van der Waals surface area contributed by atoms with Gasteiger partial charge in [0, 0.05) is 5.56 Å². The summed E-state index contributed by atoms with van der Waals surface area (Å²) in [7, 11) is 3.13. The van der Waals surface area contributed by atoms with Gasteiger partial charge in [-0.15, -0.1) is 0 Å². The van der Waals surface area contributed by atoms with Crippen LogP contribution in [0.15, 0.2) is 59.2 Å². The lowest BCUT2D eigenvalue weighted by atomic mass is 9.96. The molecule has 0 atom stereocenters. The second-order valence-electron chi connectivity index (χ2n) is 5.06. The van der Waals surface area contributed by atoms with Crippen molar-refractivity contribution in [3.63, 3.8) is 0 Å². The molecule has 0 amide bonds. The van der Waals surface area contributed by atoms with Gasteiger partial charge in [0.1, 0.15) is 5.76 Å². The quantitative estimate of drug-likeness (QED) is 0.611. The molecular weight excluding hydrogens is 328 g/mol. The first-order valence-electron chi connectivity index (χ1n) is 7.25. The number of furan rings is 1. The van der Waals surface area contributed by atoms with Crippen molar-refractivity contribution >= 4 is 16.8 Å². The van der Waals surface area contributed by atoms with Crippen LogP contribution in [0, 0.1) is 0 Å². The average molecular weight is 343 g/mol. The molecule has 0 saturated heterocycles. The van der Waals surface area contributed by atoms with Crippen molar-refractivity contribution in [2.24, 2.45) is 0 Å². The zero-order chi connectivity index (χ0) is 17.1. The van der Waals surface area contributed by atoms with Gasteiger partial charge in [0.2, 0.25) is 0 Å². The van der Waals surface area contributed by atoms with Gasteiger partial charge in [-0.05, 0) is 40.9 Å². The Morgan fingerprint density at radius 3 is 2.17 bits per heavy atom. The Kier molecular flexibility index (Phi) is 4.58. The molecule has 0 unspecified atom stereocenters. The zero-order valence-corrected chi connectivity index (χ0v) is 14.0. The summed E-state index contributed by atoms with van der Waals surface area (Å²) in [5.74, 6) is 1.52. The standard InChI is InChI=1S/C19H15ClO4/c1-22-16-10-14(12-6-4-3-5-7-12)15(11-17(16)23-2)18-13(19(20)21)8-9-24-18/h3-11H,1-2H3. The number of hydrogen-bond acceptors (Lipinski definition) is 4. The van der Waals surface area contributed by atoms with Crippen LogP contribution in [-0.4, -0.2) is 19.5 Å². The smallest absolute Gasteiger partial charge is 0.256 e. The molecule has 1 aromatic heterocycles. The lowest BCUT2D eigenvalue weighted by molar-refractivity contribution is 0.108. The number of ether oxygens (including phenoxy) is 2. The van der Waals surface area contributed by atoms with E-state index in [9.17, 15) is 4.79 Å². The molecule has 0 aliphatic rings. The van der Waals surface area contributed by atoms with Crippen LogP contribution in [0.3, 0.4) is 0 Å². The Hall–Kier alpha value is -2.72. The van der Waals surface area contributed by atoms with Gasteiger partial charge in [0.15, 0.2) is 11.5 Å². The Balaban J connectivity index is 2.30. The Labute approximate surface area is 144 Å². The van der Waals surface area contributed by atoms with Gasteiger partial charge in [-0.2, -0.15) is 0 Å². The summed E-state index contributed by atoms with van der Waals surface area (Å²) in [5.41, 5.74) is 2.81. The third-order valence-electron chi connectivity index (χ3n) is 3.73. The molecule has 4 nitrogen and oxygen atoms in total. The highest BCUT2D eigenvalue weighted by molar-refractivity contribution is 6.68. The molecule has 122 valence electrons. The van der Waals surface area contributed by atoms with E-state index in [1.807, 2.05) is 36.4 Å². The highest BCUT2D eigenvalue weighted by atomic mass is 35.5. The Bertz CT molecular complexity index is 868. The van der Waals surface area contributed by atoms with E-state index in [2.05, 4.69) is 0 Å². The maximum Gasteiger partial charge on any atom is 0.256 e. The van der Waals surface area contributed by atoms with Crippen LogP contribution in [0.2, 0.25) is 0 Å². The summed E-state index contributed by atoms with van der Waals surface area (Å²) in [4.78, 5) is 11.7. The monoisotopic (exact) mass is 342 g/mol. The Morgan fingerprint density at radius 1 is 0.958 bits per heavy atom. The van der Waals surface area contributed by atoms with Crippen molar-refractivity contribution in [1.82, 2.24) is 0 Å². The summed E-state index contributed by atoms with van der Waals surface area (Å²) >= 11 is 5.68. The van der Waals surface area contributed by atoms with E-state index < -0.39 is 5.24 Å². The van der Waals surface area contributed by atoms with E-state index in [4.69, 9.17) is 25.5 Å². The minimum Gasteiger partial charge on any atom is -0.493 e. The summed E-state index contributed by atoms with van der Waals surface area (Å²) < 4.78 is 16.3. The van der Waals surface area contributed by atoms with Crippen molar-refractivity contribution in [2.45, 2.75) is 0 Å². The molecule has 0 bridgehead atoms. The fraction of sp³-hybridized carbons (Fsp3) is 0.105. The van der Waals surface area contributed by atoms with E-state index in [0.717, 1.165) is 11.1 Å². The van der Waals surface area contributed by atoms with Crippen molar-refractivity contribution < 1.29 is 18.7 Å². The number of halogens is 1. The minimum absolute atomic E-state index is 0.307. The van der Waals surface area contributed by atoms with E-state index in [-0.39, 0.29) is 0 Å². The molecule has 0 fully saturated rings. The molecule has 24 heavy (non-hydrogen) atoms. The number of rotatable bonds is 5. The van der Waals surface area contributed by atoms with E-state index >= 15 is 0 Å². The molecule has 0 spiro atoms. The van der Waals surface area contributed by atoms with Crippen LogP contribution >= 0.6 is 11.6 Å². The van der Waals surface area contributed by atoms with Crippen molar-refractivity contribution in [3.8, 4) is 33.9 Å². The predicted octanol–water partition coefficient (Wildman–Crippen LogP) is 5.01. The van der Waals surface area contributed by atoms with Crippen LogP contribution < -0.4 is 9.47 Å². The summed E-state index contributed by atoms with van der Waals surface area (Å²) in [6.07, 6.45) is 1.44. The molecule has 0 radical (unpaired) electrons. The largest absolute Gasteiger partial charge is 0.493 e. The highest BCUT2D eigenvalue weighted by Gasteiger charge is 2.21. The fourth-order valence-electron chi connectivity index (χ4n) is 2.60. The summed E-state index contributed by atoms with van der Waals surface area (Å²) in [5, 5.41) is -0.576. The third kappa shape index (κ3) is 2.88. The second kappa shape index (κ2) is 6.81. The number of methoxy groups -OCH3 is 2. The molecule has 5 heteroatoms. The van der Waals surface area contributed by atoms with Gasteiger partial charge >= 0.3 is 0 Å². The second-order valence-corrected chi connectivity index (χ2v) is 5.40. The van der Waals surface area contributed by atoms with Gasteiger partial charge in [-0.1, -0.05) is 30.3 Å². The maximum atomic E-state index is 11.7. The van der Waals surface area contributed by atoms with Gasteiger partial charge in [0.05, 0.1) is 26.0 Å². The first-order chi connectivity index (χ1) is 11.7. The molecule has 0 saturated carbocycles. The van der Waals surface area contributed by atoms with E-state index in [1.54, 1.807) is 26.4 Å². The fourth-order valence-corrected chi connectivity index (χ4v) is 2.74. The van der Waals surface area contributed by atoms with Crippen LogP contribution in [0.5, 0.6) is 11.5 Å². The zero-order valence-electron chi connectivity index (χ0n) is 13.2. The van der Waals surface area contributed by atoms with Crippen LogP contribution in [0.1, 0.15) is 10.4 Å². The molecular formula is C19H15ClO4. The minimum atomic E-state index is -0.576. The number of benzene rings is 2. The van der Waals surface area contributed by atoms with Crippen molar-refractivity contribution in [2.75, 3.05) is 14.2 Å². The maximum absolute atomic E-state index is 11.7. The van der Waals surface area contributed by atoms with Gasteiger partial charge in [-0.25, -0.2) is 0 Å². The van der Waals surface area contributed by atoms with E-state index in [1.165, 1.54) is 6.26 Å². The highest BCUT2D eigenvalue weighted by Crippen LogP contribution is 2.42. The Morgan fingerprint density at radius 2 is 1.58 bits per heavy atom. The predicted molar refractivity (Wildman–Crippen MR) is 92.9 cm³/mol.